The van der Waals surface area contributed by atoms with Crippen LogP contribution in [0.3, 0.4) is 0 Å². The molecule has 0 aliphatic rings. The van der Waals surface area contributed by atoms with E-state index in [1.54, 1.807) is 6.07 Å². The predicted octanol–water partition coefficient (Wildman–Crippen LogP) is 5.07. The monoisotopic (exact) mass is 398 g/mol. The summed E-state index contributed by atoms with van der Waals surface area (Å²) in [6.45, 7) is 10.1. The number of aromatic nitrogens is 1. The number of nitro groups is 1. The number of allylic oxidation sites excluding steroid dienone is 3. The lowest BCUT2D eigenvalue weighted by Crippen LogP contribution is -2.14. The highest BCUT2D eigenvalue weighted by atomic mass is 16.6. The Kier molecular flexibility index (Phi) is 7.77. The molecule has 0 aliphatic heterocycles. The molecule has 0 unspecified atom stereocenters. The number of hydrogen-bond donors (Lipinski definition) is 1. The van der Waals surface area contributed by atoms with E-state index in [4.69, 9.17) is 9.47 Å². The molecule has 154 valence electrons. The Morgan fingerprint density at radius 1 is 1.17 bits per heavy atom. The Morgan fingerprint density at radius 3 is 2.55 bits per heavy atom. The van der Waals surface area contributed by atoms with Crippen LogP contribution >= 0.6 is 0 Å². The van der Waals surface area contributed by atoms with Crippen LogP contribution in [0.2, 0.25) is 0 Å². The Hall–Kier alpha value is -3.35. The number of H-pyrrole nitrogens is 1. The molecular formula is C22H26N2O5. The van der Waals surface area contributed by atoms with E-state index in [1.165, 1.54) is 29.4 Å². The van der Waals surface area contributed by atoms with E-state index < -0.39 is 10.5 Å². The molecule has 0 spiro atoms. The van der Waals surface area contributed by atoms with Crippen LogP contribution in [0.1, 0.15) is 33.6 Å². The van der Waals surface area contributed by atoms with Gasteiger partial charge in [-0.2, -0.15) is 0 Å². The maximum atomic E-state index is 12.5. The molecular weight excluding hydrogens is 372 g/mol. The number of aromatic amines is 1. The Labute approximate surface area is 169 Å². The van der Waals surface area contributed by atoms with Crippen LogP contribution in [0, 0.1) is 10.1 Å². The highest BCUT2D eigenvalue weighted by Crippen LogP contribution is 2.33. The molecule has 1 aromatic carbocycles. The minimum absolute atomic E-state index is 0.0295. The number of hydrogen-bond acceptors (Lipinski definition) is 5. The van der Waals surface area contributed by atoms with Crippen molar-refractivity contribution < 1.29 is 14.4 Å². The van der Waals surface area contributed by atoms with Crippen LogP contribution in [0.5, 0.6) is 11.5 Å². The Bertz CT molecular complexity index is 1010. The average molecular weight is 398 g/mol. The molecule has 7 heteroatoms. The molecule has 0 atom stereocenters. The largest absolute Gasteiger partial charge is 0.485 e. The van der Waals surface area contributed by atoms with Crippen molar-refractivity contribution in [2.75, 3.05) is 13.2 Å². The first-order valence-electron chi connectivity index (χ1n) is 9.33. The molecule has 0 saturated carbocycles. The van der Waals surface area contributed by atoms with Gasteiger partial charge in [-0.25, -0.2) is 0 Å². The number of nitro benzene ring substituents is 1. The second-order valence-electron chi connectivity index (χ2n) is 6.88. The van der Waals surface area contributed by atoms with Gasteiger partial charge in [-0.1, -0.05) is 29.9 Å². The summed E-state index contributed by atoms with van der Waals surface area (Å²) in [5.74, 6) is 0.288. The Morgan fingerprint density at radius 2 is 1.90 bits per heavy atom. The van der Waals surface area contributed by atoms with Gasteiger partial charge in [0.2, 0.25) is 5.75 Å². The summed E-state index contributed by atoms with van der Waals surface area (Å²) in [4.78, 5) is 25.6. The van der Waals surface area contributed by atoms with Crippen molar-refractivity contribution in [2.24, 2.45) is 0 Å². The number of ether oxygens (including phenoxy) is 2. The van der Waals surface area contributed by atoms with Crippen molar-refractivity contribution in [1.82, 2.24) is 4.98 Å². The van der Waals surface area contributed by atoms with Gasteiger partial charge in [-0.3, -0.25) is 14.9 Å². The van der Waals surface area contributed by atoms with Gasteiger partial charge in [0.25, 0.3) is 11.2 Å². The van der Waals surface area contributed by atoms with Crippen LogP contribution in [0.15, 0.2) is 58.9 Å². The highest BCUT2D eigenvalue weighted by Gasteiger charge is 2.17. The van der Waals surface area contributed by atoms with Crippen LogP contribution in [-0.4, -0.2) is 23.1 Å². The summed E-state index contributed by atoms with van der Waals surface area (Å²) in [5.41, 5.74) is 2.13. The highest BCUT2D eigenvalue weighted by molar-refractivity contribution is 5.88. The predicted molar refractivity (Wildman–Crippen MR) is 115 cm³/mol. The standard InChI is InChI=1S/C22H26N2O5/c1-5-12-28-21-20(29-13-11-16(4)8-6-7-15(2)3)18-10-9-17(24(26)27)14-19(18)23-22(21)25/h5,7,9-11,14H,1,6,8,12-13H2,2-4H3,(H,23,25). The lowest BCUT2D eigenvalue weighted by atomic mass is 10.1. The van der Waals surface area contributed by atoms with Gasteiger partial charge in [-0.15, -0.1) is 0 Å². The molecule has 0 radical (unpaired) electrons. The van der Waals surface area contributed by atoms with E-state index in [2.05, 4.69) is 31.5 Å². The number of non-ortho nitro benzene ring substituents is 1. The lowest BCUT2D eigenvalue weighted by Gasteiger charge is -2.13. The number of pyridine rings is 1. The van der Waals surface area contributed by atoms with E-state index in [0.717, 1.165) is 12.8 Å². The van der Waals surface area contributed by atoms with E-state index in [-0.39, 0.29) is 30.4 Å². The summed E-state index contributed by atoms with van der Waals surface area (Å²) in [5, 5.41) is 11.6. The third-order valence-electron chi connectivity index (χ3n) is 4.22. The molecule has 1 N–H and O–H groups in total. The maximum absolute atomic E-state index is 12.5. The van der Waals surface area contributed by atoms with E-state index in [9.17, 15) is 14.9 Å². The van der Waals surface area contributed by atoms with E-state index in [0.29, 0.717) is 10.9 Å². The first kappa shape index (κ1) is 21.9. The third-order valence-corrected chi connectivity index (χ3v) is 4.22. The van der Waals surface area contributed by atoms with Crippen LogP contribution in [-0.2, 0) is 0 Å². The zero-order chi connectivity index (χ0) is 21.4. The van der Waals surface area contributed by atoms with Gasteiger partial charge in [0, 0.05) is 17.5 Å². The molecule has 0 fully saturated rings. The number of rotatable bonds is 10. The van der Waals surface area contributed by atoms with Crippen molar-refractivity contribution in [3.63, 3.8) is 0 Å². The number of nitrogens with one attached hydrogen (secondary N) is 1. The topological polar surface area (TPSA) is 94.5 Å². The van der Waals surface area contributed by atoms with Gasteiger partial charge < -0.3 is 14.5 Å². The SMILES string of the molecule is C=CCOc1c(OCC=C(C)CCC=C(C)C)c2ccc([N+](=O)[O-])cc2[nH]c1=O. The van der Waals surface area contributed by atoms with Crippen molar-refractivity contribution in [2.45, 2.75) is 33.6 Å². The summed E-state index contributed by atoms with van der Waals surface area (Å²) in [6.07, 6.45) is 7.52. The molecule has 1 heterocycles. The number of benzene rings is 1. The lowest BCUT2D eigenvalue weighted by molar-refractivity contribution is -0.384. The summed E-state index contributed by atoms with van der Waals surface area (Å²) in [7, 11) is 0. The molecule has 1 aromatic heterocycles. The molecule has 29 heavy (non-hydrogen) atoms. The van der Waals surface area contributed by atoms with Crippen LogP contribution in [0.25, 0.3) is 10.9 Å². The van der Waals surface area contributed by atoms with Crippen molar-refractivity contribution >= 4 is 16.6 Å². The number of fused-ring (bicyclic) bond motifs is 1. The van der Waals surface area contributed by atoms with Crippen LogP contribution < -0.4 is 15.0 Å². The quantitative estimate of drug-likeness (QED) is 0.342. The summed E-state index contributed by atoms with van der Waals surface area (Å²) >= 11 is 0. The smallest absolute Gasteiger partial charge is 0.294 e. The first-order valence-corrected chi connectivity index (χ1v) is 9.33. The molecule has 2 aromatic rings. The van der Waals surface area contributed by atoms with E-state index >= 15 is 0 Å². The molecule has 0 saturated heterocycles. The summed E-state index contributed by atoms with van der Waals surface area (Å²) in [6, 6.07) is 4.22. The van der Waals surface area contributed by atoms with Crippen molar-refractivity contribution in [3.05, 3.63) is 74.6 Å². The minimum atomic E-state index is -0.515. The van der Waals surface area contributed by atoms with Crippen molar-refractivity contribution in [3.8, 4) is 11.5 Å². The van der Waals surface area contributed by atoms with Gasteiger partial charge >= 0.3 is 0 Å². The molecule has 7 nitrogen and oxygen atoms in total. The maximum Gasteiger partial charge on any atom is 0.294 e. The van der Waals surface area contributed by atoms with Gasteiger partial charge in [0.15, 0.2) is 5.75 Å². The van der Waals surface area contributed by atoms with Crippen molar-refractivity contribution in [1.29, 1.82) is 0 Å². The van der Waals surface area contributed by atoms with Gasteiger partial charge in [-0.05, 0) is 45.8 Å². The first-order chi connectivity index (χ1) is 13.8. The summed E-state index contributed by atoms with van der Waals surface area (Å²) < 4.78 is 11.4. The average Bonchev–Trinajstić information content (AvgIpc) is 2.66. The Balaban J connectivity index is 2.34. The fourth-order valence-corrected chi connectivity index (χ4v) is 2.73. The third kappa shape index (κ3) is 6.07. The number of nitrogens with zero attached hydrogens (tertiary/aromatic N) is 1. The molecule has 0 bridgehead atoms. The normalized spacial score (nSPS) is 11.2. The molecule has 0 aliphatic carbocycles. The molecule has 2 rings (SSSR count). The second-order valence-corrected chi connectivity index (χ2v) is 6.88. The fourth-order valence-electron chi connectivity index (χ4n) is 2.73. The fraction of sp³-hybridized carbons (Fsp3) is 0.318. The van der Waals surface area contributed by atoms with E-state index in [1.807, 2.05) is 13.0 Å². The van der Waals surface area contributed by atoms with Crippen LogP contribution in [0.4, 0.5) is 5.69 Å². The zero-order valence-corrected chi connectivity index (χ0v) is 17.0. The minimum Gasteiger partial charge on any atom is -0.485 e. The van der Waals surface area contributed by atoms with Gasteiger partial charge in [0.05, 0.1) is 10.4 Å². The molecule has 0 amide bonds. The zero-order valence-electron chi connectivity index (χ0n) is 17.0. The van der Waals surface area contributed by atoms with Gasteiger partial charge in [0.1, 0.15) is 13.2 Å². The second kappa shape index (κ2) is 10.3.